The van der Waals surface area contributed by atoms with Crippen molar-refractivity contribution in [3.05, 3.63) is 66.1 Å². The lowest BCUT2D eigenvalue weighted by atomic mass is 10.1. The van der Waals surface area contributed by atoms with E-state index in [0.29, 0.717) is 10.8 Å². The van der Waals surface area contributed by atoms with Crippen LogP contribution < -0.4 is 4.72 Å². The van der Waals surface area contributed by atoms with Gasteiger partial charge in [0, 0.05) is 34.4 Å². The van der Waals surface area contributed by atoms with Crippen molar-refractivity contribution in [3.63, 3.8) is 0 Å². The third-order valence-electron chi connectivity index (χ3n) is 5.91. The Morgan fingerprint density at radius 2 is 2.06 bits per heavy atom. The van der Waals surface area contributed by atoms with Crippen molar-refractivity contribution in [2.75, 3.05) is 19.6 Å². The SMILES string of the molecule is O=S(=O)(NC1CCN(CCCc2c[nH]c3ccc(F)cc23)C1)c1cc2ccccc2s1. The van der Waals surface area contributed by atoms with E-state index in [4.69, 9.17) is 0 Å². The lowest BCUT2D eigenvalue weighted by Gasteiger charge is -2.16. The van der Waals surface area contributed by atoms with E-state index in [9.17, 15) is 12.8 Å². The molecule has 1 aliphatic heterocycles. The zero-order valence-electron chi connectivity index (χ0n) is 17.0. The van der Waals surface area contributed by atoms with Crippen LogP contribution in [0, 0.1) is 5.82 Å². The Morgan fingerprint density at radius 3 is 2.94 bits per heavy atom. The first kappa shape index (κ1) is 20.6. The minimum Gasteiger partial charge on any atom is -0.361 e. The molecule has 0 spiro atoms. The van der Waals surface area contributed by atoms with Crippen LogP contribution in [-0.2, 0) is 16.4 Å². The Labute approximate surface area is 184 Å². The molecule has 2 N–H and O–H groups in total. The molecular formula is C23H24FN3O2S2. The largest absolute Gasteiger partial charge is 0.361 e. The molecule has 0 aliphatic carbocycles. The highest BCUT2D eigenvalue weighted by atomic mass is 32.2. The van der Waals surface area contributed by atoms with Crippen LogP contribution in [0.25, 0.3) is 21.0 Å². The molecule has 4 aromatic rings. The Bertz CT molecular complexity index is 1300. The van der Waals surface area contributed by atoms with Gasteiger partial charge in [-0.2, -0.15) is 0 Å². The van der Waals surface area contributed by atoms with Gasteiger partial charge in [0.1, 0.15) is 10.0 Å². The first-order valence-corrected chi connectivity index (χ1v) is 12.8. The summed E-state index contributed by atoms with van der Waals surface area (Å²) < 4.78 is 43.5. The summed E-state index contributed by atoms with van der Waals surface area (Å²) in [5.74, 6) is -0.221. The number of nitrogens with zero attached hydrogens (tertiary/aromatic N) is 1. The van der Waals surface area contributed by atoms with E-state index in [1.54, 1.807) is 18.2 Å². The number of thiophene rings is 1. The number of H-pyrrole nitrogens is 1. The summed E-state index contributed by atoms with van der Waals surface area (Å²) in [7, 11) is -3.51. The van der Waals surface area contributed by atoms with Crippen molar-refractivity contribution < 1.29 is 12.8 Å². The van der Waals surface area contributed by atoms with Crippen LogP contribution in [0.3, 0.4) is 0 Å². The van der Waals surface area contributed by atoms with Gasteiger partial charge in [-0.15, -0.1) is 11.3 Å². The van der Waals surface area contributed by atoms with Crippen LogP contribution in [0.5, 0.6) is 0 Å². The number of aryl methyl sites for hydroxylation is 1. The van der Waals surface area contributed by atoms with Gasteiger partial charge in [0.05, 0.1) is 0 Å². The van der Waals surface area contributed by atoms with Gasteiger partial charge in [-0.25, -0.2) is 17.5 Å². The lowest BCUT2D eigenvalue weighted by Crippen LogP contribution is -2.36. The highest BCUT2D eigenvalue weighted by molar-refractivity contribution is 7.91. The normalized spacial score (nSPS) is 17.8. The Balaban J connectivity index is 1.16. The fraction of sp³-hybridized carbons (Fsp3) is 0.304. The number of aromatic nitrogens is 1. The first-order chi connectivity index (χ1) is 15.0. The van der Waals surface area contributed by atoms with E-state index in [-0.39, 0.29) is 11.9 Å². The average Bonchev–Trinajstić information content (AvgIpc) is 3.46. The van der Waals surface area contributed by atoms with Crippen molar-refractivity contribution >= 4 is 42.3 Å². The third kappa shape index (κ3) is 4.39. The van der Waals surface area contributed by atoms with E-state index < -0.39 is 10.0 Å². The van der Waals surface area contributed by atoms with Crippen molar-refractivity contribution in [2.24, 2.45) is 0 Å². The summed E-state index contributed by atoms with van der Waals surface area (Å²) in [4.78, 5) is 5.49. The summed E-state index contributed by atoms with van der Waals surface area (Å²) in [6, 6.07) is 14.2. The Morgan fingerprint density at radius 1 is 1.19 bits per heavy atom. The van der Waals surface area contributed by atoms with Gasteiger partial charge in [0.2, 0.25) is 10.0 Å². The molecule has 0 amide bonds. The van der Waals surface area contributed by atoms with Crippen LogP contribution in [0.1, 0.15) is 18.4 Å². The number of fused-ring (bicyclic) bond motifs is 2. The van der Waals surface area contributed by atoms with E-state index in [1.807, 2.05) is 30.5 Å². The molecule has 1 fully saturated rings. The topological polar surface area (TPSA) is 65.2 Å². The minimum atomic E-state index is -3.51. The molecule has 1 unspecified atom stereocenters. The van der Waals surface area contributed by atoms with Crippen LogP contribution in [0.4, 0.5) is 4.39 Å². The molecule has 31 heavy (non-hydrogen) atoms. The number of aromatic amines is 1. The molecule has 162 valence electrons. The Kier molecular flexibility index (Phi) is 5.56. The molecule has 1 aliphatic rings. The molecule has 2 aromatic heterocycles. The summed E-state index contributed by atoms with van der Waals surface area (Å²) in [5, 5.41) is 1.90. The zero-order valence-corrected chi connectivity index (χ0v) is 18.6. The monoisotopic (exact) mass is 457 g/mol. The highest BCUT2D eigenvalue weighted by Crippen LogP contribution is 2.29. The van der Waals surface area contributed by atoms with Gasteiger partial charge >= 0.3 is 0 Å². The number of benzene rings is 2. The standard InChI is InChI=1S/C23H24FN3O2S2/c24-18-7-8-21-20(13-18)17(14-25-21)5-3-10-27-11-9-19(15-27)26-31(28,29)23-12-16-4-1-2-6-22(16)30-23/h1-2,4,6-8,12-14,19,25-26H,3,5,9-11,15H2. The summed E-state index contributed by atoms with van der Waals surface area (Å²) in [6.45, 7) is 2.48. The number of hydrogen-bond acceptors (Lipinski definition) is 4. The van der Waals surface area contributed by atoms with Gasteiger partial charge < -0.3 is 9.88 Å². The van der Waals surface area contributed by atoms with E-state index in [0.717, 1.165) is 58.9 Å². The predicted molar refractivity (Wildman–Crippen MR) is 124 cm³/mol. The second-order valence-electron chi connectivity index (χ2n) is 8.12. The second kappa shape index (κ2) is 8.35. The molecule has 1 atom stereocenters. The molecule has 1 saturated heterocycles. The number of likely N-dealkylation sites (tertiary alicyclic amines) is 1. The van der Waals surface area contributed by atoms with Gasteiger partial charge in [-0.3, -0.25) is 0 Å². The maximum absolute atomic E-state index is 13.5. The third-order valence-corrected chi connectivity index (χ3v) is 9.02. The minimum absolute atomic E-state index is 0.0719. The quantitative estimate of drug-likeness (QED) is 0.429. The zero-order chi connectivity index (χ0) is 21.4. The van der Waals surface area contributed by atoms with E-state index in [1.165, 1.54) is 17.4 Å². The number of halogens is 1. The molecule has 8 heteroatoms. The maximum atomic E-state index is 13.5. The van der Waals surface area contributed by atoms with Crippen LogP contribution in [-0.4, -0.2) is 44.0 Å². The summed E-state index contributed by atoms with van der Waals surface area (Å²) >= 11 is 1.31. The number of nitrogens with one attached hydrogen (secondary N) is 2. The molecule has 0 radical (unpaired) electrons. The smallest absolute Gasteiger partial charge is 0.250 e. The van der Waals surface area contributed by atoms with Crippen LogP contribution >= 0.6 is 11.3 Å². The number of sulfonamides is 1. The predicted octanol–water partition coefficient (Wildman–Crippen LogP) is 4.51. The average molecular weight is 458 g/mol. The van der Waals surface area contributed by atoms with Crippen molar-refractivity contribution in [2.45, 2.75) is 29.5 Å². The molecule has 0 bridgehead atoms. The van der Waals surface area contributed by atoms with Gasteiger partial charge in [-0.1, -0.05) is 18.2 Å². The van der Waals surface area contributed by atoms with Gasteiger partial charge in [-0.05, 0) is 73.6 Å². The maximum Gasteiger partial charge on any atom is 0.250 e. The van der Waals surface area contributed by atoms with Crippen molar-refractivity contribution in [1.29, 1.82) is 0 Å². The highest BCUT2D eigenvalue weighted by Gasteiger charge is 2.28. The second-order valence-corrected chi connectivity index (χ2v) is 11.1. The molecular weight excluding hydrogens is 433 g/mol. The van der Waals surface area contributed by atoms with Gasteiger partial charge in [0.25, 0.3) is 0 Å². The number of hydrogen-bond donors (Lipinski definition) is 2. The lowest BCUT2D eigenvalue weighted by molar-refractivity contribution is 0.327. The van der Waals surface area contributed by atoms with Crippen molar-refractivity contribution in [3.8, 4) is 0 Å². The van der Waals surface area contributed by atoms with Gasteiger partial charge in [0.15, 0.2) is 0 Å². The Hall–Kier alpha value is -2.26. The fourth-order valence-electron chi connectivity index (χ4n) is 4.35. The summed E-state index contributed by atoms with van der Waals surface area (Å²) in [6.07, 6.45) is 4.57. The van der Waals surface area contributed by atoms with Crippen molar-refractivity contribution in [1.82, 2.24) is 14.6 Å². The van der Waals surface area contributed by atoms with Crippen LogP contribution in [0.2, 0.25) is 0 Å². The van der Waals surface area contributed by atoms with E-state index >= 15 is 0 Å². The fourth-order valence-corrected chi connectivity index (χ4v) is 7.03. The molecule has 5 nitrogen and oxygen atoms in total. The molecule has 5 rings (SSSR count). The molecule has 2 aromatic carbocycles. The molecule has 3 heterocycles. The number of rotatable bonds is 7. The summed E-state index contributed by atoms with van der Waals surface area (Å²) in [5.41, 5.74) is 2.07. The van der Waals surface area contributed by atoms with Crippen LogP contribution in [0.15, 0.2) is 58.9 Å². The first-order valence-electron chi connectivity index (χ1n) is 10.5. The molecule has 0 saturated carbocycles. The van der Waals surface area contributed by atoms with E-state index in [2.05, 4.69) is 14.6 Å².